The minimum absolute atomic E-state index is 0.0687. The van der Waals surface area contributed by atoms with Gasteiger partial charge in [0.1, 0.15) is 12.4 Å². The molecule has 0 saturated heterocycles. The Balaban J connectivity index is 1.85. The van der Waals surface area contributed by atoms with E-state index in [9.17, 15) is 9.59 Å². The van der Waals surface area contributed by atoms with E-state index in [0.717, 1.165) is 5.69 Å². The van der Waals surface area contributed by atoms with Gasteiger partial charge in [-0.3, -0.25) is 9.59 Å². The molecule has 0 atom stereocenters. The molecule has 0 aliphatic carbocycles. The van der Waals surface area contributed by atoms with E-state index >= 15 is 0 Å². The fraction of sp³-hybridized carbons (Fsp3) is 0.391. The molecule has 0 unspecified atom stereocenters. The summed E-state index contributed by atoms with van der Waals surface area (Å²) in [6.07, 6.45) is 0. The Morgan fingerprint density at radius 3 is 2.27 bits per heavy atom. The van der Waals surface area contributed by atoms with Gasteiger partial charge >= 0.3 is 0 Å². The van der Waals surface area contributed by atoms with E-state index in [1.165, 1.54) is 0 Å². The van der Waals surface area contributed by atoms with Crippen LogP contribution in [0.4, 0.5) is 17.1 Å². The minimum Gasteiger partial charge on any atom is -0.491 e. The van der Waals surface area contributed by atoms with Gasteiger partial charge in [0.2, 0.25) is 11.8 Å². The third-order valence-corrected chi connectivity index (χ3v) is 4.07. The van der Waals surface area contributed by atoms with Crippen molar-refractivity contribution in [2.75, 3.05) is 42.3 Å². The molecule has 0 aliphatic rings. The zero-order valence-corrected chi connectivity index (χ0v) is 18.1. The van der Waals surface area contributed by atoms with Crippen LogP contribution in [0.15, 0.2) is 48.5 Å². The Morgan fingerprint density at radius 2 is 1.57 bits per heavy atom. The van der Waals surface area contributed by atoms with E-state index < -0.39 is 5.41 Å². The van der Waals surface area contributed by atoms with Gasteiger partial charge in [-0.1, -0.05) is 32.9 Å². The van der Waals surface area contributed by atoms with Crippen LogP contribution < -0.4 is 20.7 Å². The van der Waals surface area contributed by atoms with E-state index in [-0.39, 0.29) is 18.4 Å². The van der Waals surface area contributed by atoms with Crippen molar-refractivity contribution in [3.8, 4) is 5.75 Å². The lowest BCUT2D eigenvalue weighted by molar-refractivity contribution is -0.123. The number of carbonyl (C=O) groups excluding carboxylic acids is 2. The molecule has 30 heavy (non-hydrogen) atoms. The second-order valence-corrected chi connectivity index (χ2v) is 7.76. The summed E-state index contributed by atoms with van der Waals surface area (Å²) in [5, 5.41) is 8.79. The van der Waals surface area contributed by atoms with Crippen LogP contribution in [-0.2, 0) is 14.3 Å². The number of ether oxygens (including phenoxy) is 2. The van der Waals surface area contributed by atoms with Crippen molar-refractivity contribution in [3.05, 3.63) is 48.5 Å². The van der Waals surface area contributed by atoms with Gasteiger partial charge in [0.05, 0.1) is 13.2 Å². The highest BCUT2D eigenvalue weighted by molar-refractivity contribution is 5.95. The number of rotatable bonds is 10. The second kappa shape index (κ2) is 11.2. The summed E-state index contributed by atoms with van der Waals surface area (Å²) in [6, 6.07) is 14.5. The lowest BCUT2D eigenvalue weighted by atomic mass is 9.95. The van der Waals surface area contributed by atoms with Gasteiger partial charge in [0.15, 0.2) is 0 Å². The van der Waals surface area contributed by atoms with Crippen molar-refractivity contribution in [2.45, 2.75) is 27.7 Å². The first kappa shape index (κ1) is 23.2. The zero-order valence-electron chi connectivity index (χ0n) is 18.1. The molecule has 2 amide bonds. The van der Waals surface area contributed by atoms with Crippen LogP contribution in [0.2, 0.25) is 0 Å². The van der Waals surface area contributed by atoms with Crippen LogP contribution in [0.3, 0.4) is 0 Å². The number of anilines is 3. The first-order chi connectivity index (χ1) is 14.3. The third-order valence-electron chi connectivity index (χ3n) is 4.07. The lowest BCUT2D eigenvalue weighted by Crippen LogP contribution is -2.27. The quantitative estimate of drug-likeness (QED) is 0.510. The van der Waals surface area contributed by atoms with Crippen molar-refractivity contribution in [3.63, 3.8) is 0 Å². The minimum atomic E-state index is -0.482. The first-order valence-electron chi connectivity index (χ1n) is 10.0. The molecule has 7 heteroatoms. The molecular weight excluding hydrogens is 382 g/mol. The van der Waals surface area contributed by atoms with Crippen LogP contribution in [0.25, 0.3) is 0 Å². The summed E-state index contributed by atoms with van der Waals surface area (Å²) in [6.45, 7) is 9.21. The summed E-state index contributed by atoms with van der Waals surface area (Å²) < 4.78 is 10.8. The van der Waals surface area contributed by atoms with Crippen molar-refractivity contribution < 1.29 is 19.1 Å². The van der Waals surface area contributed by atoms with Crippen LogP contribution in [-0.4, -0.2) is 38.2 Å². The van der Waals surface area contributed by atoms with Crippen LogP contribution in [0, 0.1) is 5.41 Å². The fourth-order valence-electron chi connectivity index (χ4n) is 2.44. The number of hydrogen-bond donors (Lipinski definition) is 3. The molecule has 0 saturated carbocycles. The predicted octanol–water partition coefficient (Wildman–Crippen LogP) is 4.14. The van der Waals surface area contributed by atoms with Crippen LogP contribution in [0.1, 0.15) is 27.7 Å². The van der Waals surface area contributed by atoms with Gasteiger partial charge in [0.25, 0.3) is 0 Å². The molecular formula is C23H31N3O4. The monoisotopic (exact) mass is 413 g/mol. The van der Waals surface area contributed by atoms with E-state index in [1.807, 2.05) is 58.0 Å². The Hall–Kier alpha value is -3.06. The second-order valence-electron chi connectivity index (χ2n) is 7.76. The highest BCUT2D eigenvalue weighted by Gasteiger charge is 2.21. The van der Waals surface area contributed by atoms with Gasteiger partial charge in [-0.05, 0) is 37.3 Å². The summed E-state index contributed by atoms with van der Waals surface area (Å²) in [7, 11) is 0. The largest absolute Gasteiger partial charge is 0.491 e. The summed E-state index contributed by atoms with van der Waals surface area (Å²) in [5.41, 5.74) is 1.59. The van der Waals surface area contributed by atoms with Crippen LogP contribution in [0.5, 0.6) is 5.75 Å². The molecule has 0 radical (unpaired) electrons. The van der Waals surface area contributed by atoms with Gasteiger partial charge < -0.3 is 25.4 Å². The average molecular weight is 414 g/mol. The smallest absolute Gasteiger partial charge is 0.243 e. The standard InChI is InChI=1S/C23H31N3O4/c1-5-29-12-13-30-20-11-7-10-19(15-20)25-21(27)16-24-17-8-6-9-18(14-17)26-22(28)23(2,3)4/h6-11,14-15,24H,5,12-13,16H2,1-4H3,(H,25,27)(H,26,28). The number of nitrogens with one attached hydrogen (secondary N) is 3. The Kier molecular flexibility index (Phi) is 8.68. The van der Waals surface area contributed by atoms with E-state index in [4.69, 9.17) is 9.47 Å². The fourth-order valence-corrected chi connectivity index (χ4v) is 2.44. The number of carbonyl (C=O) groups is 2. The molecule has 0 spiro atoms. The molecule has 0 fully saturated rings. The van der Waals surface area contributed by atoms with Crippen LogP contribution >= 0.6 is 0 Å². The van der Waals surface area contributed by atoms with Crippen molar-refractivity contribution >= 4 is 28.9 Å². The Morgan fingerprint density at radius 1 is 0.900 bits per heavy atom. The Bertz CT molecular complexity index is 846. The van der Waals surface area contributed by atoms with E-state index in [0.29, 0.717) is 36.9 Å². The van der Waals surface area contributed by atoms with Crippen molar-refractivity contribution in [1.29, 1.82) is 0 Å². The highest BCUT2D eigenvalue weighted by atomic mass is 16.5. The summed E-state index contributed by atoms with van der Waals surface area (Å²) in [4.78, 5) is 24.4. The first-order valence-corrected chi connectivity index (χ1v) is 10.0. The Labute approximate surface area is 178 Å². The predicted molar refractivity (Wildman–Crippen MR) is 120 cm³/mol. The number of amides is 2. The third kappa shape index (κ3) is 8.13. The zero-order chi connectivity index (χ0) is 22.0. The average Bonchev–Trinajstić information content (AvgIpc) is 2.70. The molecule has 0 aliphatic heterocycles. The summed E-state index contributed by atoms with van der Waals surface area (Å²) in [5.74, 6) is 0.411. The van der Waals surface area contributed by atoms with Gasteiger partial charge in [-0.25, -0.2) is 0 Å². The maximum Gasteiger partial charge on any atom is 0.243 e. The van der Waals surface area contributed by atoms with Crippen molar-refractivity contribution in [1.82, 2.24) is 0 Å². The maximum absolute atomic E-state index is 12.3. The molecule has 162 valence electrons. The molecule has 2 aromatic rings. The summed E-state index contributed by atoms with van der Waals surface area (Å²) >= 11 is 0. The molecule has 3 N–H and O–H groups in total. The molecule has 0 aromatic heterocycles. The SMILES string of the molecule is CCOCCOc1cccc(NC(=O)CNc2cccc(NC(=O)C(C)(C)C)c2)c1. The molecule has 7 nitrogen and oxygen atoms in total. The molecule has 2 aromatic carbocycles. The molecule has 2 rings (SSSR count). The van der Waals surface area contributed by atoms with Gasteiger partial charge in [-0.2, -0.15) is 0 Å². The lowest BCUT2D eigenvalue weighted by Gasteiger charge is -2.18. The topological polar surface area (TPSA) is 88.7 Å². The van der Waals surface area contributed by atoms with Gasteiger partial charge in [0, 0.05) is 35.2 Å². The van der Waals surface area contributed by atoms with E-state index in [2.05, 4.69) is 16.0 Å². The molecule has 0 heterocycles. The van der Waals surface area contributed by atoms with Gasteiger partial charge in [-0.15, -0.1) is 0 Å². The molecule has 0 bridgehead atoms. The van der Waals surface area contributed by atoms with E-state index in [1.54, 1.807) is 18.2 Å². The number of hydrogen-bond acceptors (Lipinski definition) is 5. The number of benzene rings is 2. The highest BCUT2D eigenvalue weighted by Crippen LogP contribution is 2.20. The van der Waals surface area contributed by atoms with Crippen molar-refractivity contribution in [2.24, 2.45) is 5.41 Å². The normalized spacial score (nSPS) is 10.9. The maximum atomic E-state index is 12.3.